The van der Waals surface area contributed by atoms with Gasteiger partial charge in [-0.25, -0.2) is 9.80 Å². The number of carbonyl (C=O) groups excluding carboxylic acids is 2. The number of hydrogen-bond acceptors (Lipinski definition) is 6. The predicted molar refractivity (Wildman–Crippen MR) is 134 cm³/mol. The molecule has 7 nitrogen and oxygen atoms in total. The van der Waals surface area contributed by atoms with Crippen molar-refractivity contribution in [1.82, 2.24) is 5.01 Å². The molecule has 2 unspecified atom stereocenters. The van der Waals surface area contributed by atoms with Crippen LogP contribution in [0.15, 0.2) is 98.8 Å². The van der Waals surface area contributed by atoms with E-state index >= 15 is 0 Å². The Labute approximate surface area is 207 Å². The third-order valence-corrected chi connectivity index (χ3v) is 6.79. The van der Waals surface area contributed by atoms with Crippen LogP contribution in [0, 0.1) is 5.92 Å². The molecule has 2 atom stereocenters. The molecule has 0 spiro atoms. The Bertz CT molecular complexity index is 1460. The molecule has 0 bridgehead atoms. The second-order valence-corrected chi connectivity index (χ2v) is 8.97. The quantitative estimate of drug-likeness (QED) is 0.327. The number of furan rings is 2. The number of benzene rings is 2. The molecule has 2 aliphatic rings. The molecule has 0 N–H and O–H groups in total. The molecule has 0 saturated heterocycles. The number of hydrazone groups is 1. The Morgan fingerprint density at radius 3 is 2.67 bits per heavy atom. The van der Waals surface area contributed by atoms with E-state index < -0.39 is 18.5 Å². The van der Waals surface area contributed by atoms with Crippen LogP contribution in [0.25, 0.3) is 16.8 Å². The zero-order chi connectivity index (χ0) is 24.5. The first-order chi connectivity index (χ1) is 17.7. The van der Waals surface area contributed by atoms with E-state index in [4.69, 9.17) is 18.7 Å². The van der Waals surface area contributed by atoms with Gasteiger partial charge in [0.05, 0.1) is 23.8 Å². The molecule has 1 saturated carbocycles. The number of carbonyl (C=O) groups is 2. The van der Waals surface area contributed by atoms with Gasteiger partial charge in [-0.2, -0.15) is 5.10 Å². The van der Waals surface area contributed by atoms with Crippen LogP contribution in [0.3, 0.4) is 0 Å². The normalized spacial score (nSPS) is 20.4. The first-order valence-corrected chi connectivity index (χ1v) is 12.0. The minimum absolute atomic E-state index is 0.0103. The van der Waals surface area contributed by atoms with Gasteiger partial charge in [0.1, 0.15) is 17.6 Å². The van der Waals surface area contributed by atoms with Gasteiger partial charge in [0.25, 0.3) is 5.91 Å². The Morgan fingerprint density at radius 1 is 1.00 bits per heavy atom. The van der Waals surface area contributed by atoms with Gasteiger partial charge in [-0.3, -0.25) is 4.79 Å². The molecule has 1 amide bonds. The summed E-state index contributed by atoms with van der Waals surface area (Å²) in [5.41, 5.74) is 2.32. The lowest BCUT2D eigenvalue weighted by Gasteiger charge is -2.27. The number of fused-ring (bicyclic) bond motifs is 2. The maximum absolute atomic E-state index is 13.4. The number of hydrogen-bond donors (Lipinski definition) is 0. The summed E-state index contributed by atoms with van der Waals surface area (Å²) in [6, 6.07) is 20.0. The lowest BCUT2D eigenvalue weighted by atomic mass is 9.79. The monoisotopic (exact) mass is 480 g/mol. The highest BCUT2D eigenvalue weighted by Gasteiger charge is 2.45. The van der Waals surface area contributed by atoms with Crippen LogP contribution in [0.1, 0.15) is 47.2 Å². The Morgan fingerprint density at radius 2 is 1.83 bits per heavy atom. The Balaban J connectivity index is 1.26. The lowest BCUT2D eigenvalue weighted by molar-refractivity contribution is -0.137. The smallest absolute Gasteiger partial charge is 0.339 e. The van der Waals surface area contributed by atoms with Crippen molar-refractivity contribution in [2.45, 2.75) is 25.3 Å². The van der Waals surface area contributed by atoms with Gasteiger partial charge >= 0.3 is 5.97 Å². The summed E-state index contributed by atoms with van der Waals surface area (Å²) >= 11 is 0. The molecule has 2 aromatic carbocycles. The molecule has 3 heterocycles. The maximum Gasteiger partial charge on any atom is 0.339 e. The second kappa shape index (κ2) is 9.34. The molecule has 36 heavy (non-hydrogen) atoms. The highest BCUT2D eigenvalue weighted by Crippen LogP contribution is 2.44. The molecule has 180 valence electrons. The van der Waals surface area contributed by atoms with E-state index in [0.717, 1.165) is 47.1 Å². The molecular formula is C29H24N2O5. The fourth-order valence-electron chi connectivity index (χ4n) is 5.16. The van der Waals surface area contributed by atoms with Crippen LogP contribution in [0.2, 0.25) is 0 Å². The van der Waals surface area contributed by atoms with Crippen molar-refractivity contribution in [3.63, 3.8) is 0 Å². The third kappa shape index (κ3) is 4.02. The van der Waals surface area contributed by atoms with E-state index in [1.165, 1.54) is 5.01 Å². The number of esters is 1. The Kier molecular flexibility index (Phi) is 5.73. The summed E-state index contributed by atoms with van der Waals surface area (Å²) in [6.07, 6.45) is 7.90. The van der Waals surface area contributed by atoms with Gasteiger partial charge in [-0.05, 0) is 72.0 Å². The molecule has 1 aliphatic heterocycles. The minimum Gasteiger partial charge on any atom is -0.467 e. The molecular weight excluding hydrogens is 456 g/mol. The van der Waals surface area contributed by atoms with E-state index in [1.54, 1.807) is 30.7 Å². The van der Waals surface area contributed by atoms with Gasteiger partial charge in [0, 0.05) is 5.92 Å². The van der Waals surface area contributed by atoms with Crippen molar-refractivity contribution < 1.29 is 23.2 Å². The summed E-state index contributed by atoms with van der Waals surface area (Å²) in [4.78, 5) is 26.3. The van der Waals surface area contributed by atoms with Gasteiger partial charge < -0.3 is 13.6 Å². The van der Waals surface area contributed by atoms with Crippen molar-refractivity contribution in [1.29, 1.82) is 0 Å². The zero-order valence-electron chi connectivity index (χ0n) is 19.5. The third-order valence-electron chi connectivity index (χ3n) is 6.79. The van der Waals surface area contributed by atoms with Crippen molar-refractivity contribution in [2.24, 2.45) is 11.0 Å². The summed E-state index contributed by atoms with van der Waals surface area (Å²) in [7, 11) is 0. The van der Waals surface area contributed by atoms with Crippen molar-refractivity contribution in [2.75, 3.05) is 6.61 Å². The molecule has 6 rings (SSSR count). The number of allylic oxidation sites excluding steroid dienone is 1. The highest BCUT2D eigenvalue weighted by atomic mass is 16.5. The van der Waals surface area contributed by atoms with Gasteiger partial charge in [-0.15, -0.1) is 0 Å². The summed E-state index contributed by atoms with van der Waals surface area (Å²) in [5, 5.41) is 7.89. The van der Waals surface area contributed by atoms with Gasteiger partial charge in [0.2, 0.25) is 0 Å². The van der Waals surface area contributed by atoms with Crippen LogP contribution in [-0.2, 0) is 9.53 Å². The first-order valence-electron chi connectivity index (χ1n) is 12.0. The molecule has 1 aliphatic carbocycles. The van der Waals surface area contributed by atoms with E-state index in [-0.39, 0.29) is 12.0 Å². The zero-order valence-corrected chi connectivity index (χ0v) is 19.5. The standard InChI is InChI=1S/C29H24N2O5/c32-26(18-36-29(33)23-12-3-8-19-7-1-2-11-22(19)23)31-28(25-14-6-16-35-25)24-13-4-9-20(27(24)30-31)17-21-10-5-15-34-21/h1-3,5-8,10-12,14-17,24,28H,4,9,13,18H2. The SMILES string of the molecule is O=C(OCC(=O)N1N=C2C(=Cc3ccco3)CCCC2C1c1ccco1)c1cccc2ccccc12. The predicted octanol–water partition coefficient (Wildman–Crippen LogP) is 6.01. The number of amides is 1. The lowest BCUT2D eigenvalue weighted by Crippen LogP contribution is -2.34. The molecule has 7 heteroatoms. The average Bonchev–Trinajstić information content (AvgIpc) is 3.68. The maximum atomic E-state index is 13.4. The van der Waals surface area contributed by atoms with Crippen LogP contribution < -0.4 is 0 Å². The molecule has 1 fully saturated rings. The molecule has 4 aromatic rings. The number of nitrogens with zero attached hydrogens (tertiary/aromatic N) is 2. The fraction of sp³-hybridized carbons (Fsp3) is 0.207. The average molecular weight is 481 g/mol. The number of ether oxygens (including phenoxy) is 1. The van der Waals surface area contributed by atoms with Gasteiger partial charge in [0.15, 0.2) is 6.61 Å². The molecule has 2 aromatic heterocycles. The number of rotatable bonds is 5. The van der Waals surface area contributed by atoms with Crippen molar-refractivity contribution in [3.05, 3.63) is 102 Å². The van der Waals surface area contributed by atoms with E-state index in [9.17, 15) is 9.59 Å². The summed E-state index contributed by atoms with van der Waals surface area (Å²) in [6.45, 7) is -0.417. The topological polar surface area (TPSA) is 85.3 Å². The Hall–Kier alpha value is -4.39. The van der Waals surface area contributed by atoms with Gasteiger partial charge in [-0.1, -0.05) is 36.4 Å². The fourth-order valence-corrected chi connectivity index (χ4v) is 5.16. The van der Waals surface area contributed by atoms with Crippen molar-refractivity contribution in [3.8, 4) is 0 Å². The minimum atomic E-state index is -0.544. The van der Waals surface area contributed by atoms with Crippen LogP contribution >= 0.6 is 0 Å². The largest absolute Gasteiger partial charge is 0.467 e. The summed E-state index contributed by atoms with van der Waals surface area (Å²) < 4.78 is 16.7. The van der Waals surface area contributed by atoms with E-state index in [1.807, 2.05) is 54.6 Å². The first kappa shape index (κ1) is 22.1. The van der Waals surface area contributed by atoms with Crippen molar-refractivity contribution >= 4 is 34.4 Å². The van der Waals surface area contributed by atoms with E-state index in [2.05, 4.69) is 0 Å². The molecule has 0 radical (unpaired) electrons. The van der Waals surface area contributed by atoms with Crippen LogP contribution in [0.4, 0.5) is 0 Å². The van der Waals surface area contributed by atoms with Crippen LogP contribution in [0.5, 0.6) is 0 Å². The van der Waals surface area contributed by atoms with Crippen LogP contribution in [-0.4, -0.2) is 29.2 Å². The van der Waals surface area contributed by atoms with E-state index in [0.29, 0.717) is 11.3 Å². The summed E-state index contributed by atoms with van der Waals surface area (Å²) in [5.74, 6) is 0.453. The second-order valence-electron chi connectivity index (χ2n) is 8.97. The highest BCUT2D eigenvalue weighted by molar-refractivity contribution is 6.08.